The van der Waals surface area contributed by atoms with Gasteiger partial charge in [-0.2, -0.15) is 0 Å². The zero-order chi connectivity index (χ0) is 18.2. The fraction of sp³-hybridized carbons (Fsp3) is 0.0385. The number of benzene rings is 4. The van der Waals surface area contributed by atoms with Gasteiger partial charge in [-0.3, -0.25) is 0 Å². The van der Waals surface area contributed by atoms with Gasteiger partial charge in [0.15, 0.2) is 0 Å². The minimum atomic E-state index is 0.252. The van der Waals surface area contributed by atoms with Crippen LogP contribution in [0.3, 0.4) is 0 Å². The van der Waals surface area contributed by atoms with E-state index in [-0.39, 0.29) is 5.92 Å². The second-order valence-electron chi connectivity index (χ2n) is 6.95. The molecule has 1 nitrogen and oxygen atoms in total. The molecule has 0 heterocycles. The van der Waals surface area contributed by atoms with Gasteiger partial charge in [0.05, 0.1) is 0 Å². The smallest absolute Gasteiger partial charge is 0.0284 e. The molecule has 4 aromatic rings. The summed E-state index contributed by atoms with van der Waals surface area (Å²) in [6, 6.07) is 29.8. The van der Waals surface area contributed by atoms with Gasteiger partial charge in [0.2, 0.25) is 0 Å². The summed E-state index contributed by atoms with van der Waals surface area (Å²) in [5.74, 6) is 0.252. The van der Waals surface area contributed by atoms with Gasteiger partial charge in [-0.25, -0.2) is 0 Å². The number of hydrogen-bond donors (Lipinski definition) is 1. The van der Waals surface area contributed by atoms with Crippen LogP contribution in [-0.2, 0) is 0 Å². The van der Waals surface area contributed by atoms with E-state index in [4.69, 9.17) is 5.41 Å². The molecule has 0 saturated heterocycles. The first-order valence-corrected chi connectivity index (χ1v) is 9.25. The van der Waals surface area contributed by atoms with Crippen LogP contribution >= 0.6 is 0 Å². The quantitative estimate of drug-likeness (QED) is 0.401. The second kappa shape index (κ2) is 6.37. The Bertz CT molecular complexity index is 1200. The molecule has 0 fully saturated rings. The predicted molar refractivity (Wildman–Crippen MR) is 115 cm³/mol. The first-order chi connectivity index (χ1) is 13.4. The van der Waals surface area contributed by atoms with Crippen molar-refractivity contribution >= 4 is 23.1 Å². The topological polar surface area (TPSA) is 23.9 Å². The van der Waals surface area contributed by atoms with E-state index in [2.05, 4.69) is 84.9 Å². The van der Waals surface area contributed by atoms with Crippen LogP contribution in [-0.4, -0.2) is 6.21 Å². The maximum atomic E-state index is 8.07. The monoisotopic (exact) mass is 345 g/mol. The molecular weight excluding hydrogens is 326 g/mol. The van der Waals surface area contributed by atoms with E-state index in [1.165, 1.54) is 33.9 Å². The van der Waals surface area contributed by atoms with E-state index < -0.39 is 0 Å². The average molecular weight is 345 g/mol. The molecule has 1 atom stereocenters. The Morgan fingerprint density at radius 2 is 1.41 bits per heavy atom. The van der Waals surface area contributed by atoms with Crippen LogP contribution < -0.4 is 0 Å². The van der Waals surface area contributed by atoms with Crippen molar-refractivity contribution in [1.82, 2.24) is 0 Å². The summed E-state index contributed by atoms with van der Waals surface area (Å²) >= 11 is 0. The normalized spacial score (nSPS) is 15.0. The van der Waals surface area contributed by atoms with Gasteiger partial charge < -0.3 is 5.41 Å². The minimum absolute atomic E-state index is 0.252. The van der Waals surface area contributed by atoms with Crippen molar-refractivity contribution in [2.24, 2.45) is 0 Å². The molecule has 0 aliphatic heterocycles. The van der Waals surface area contributed by atoms with E-state index in [0.29, 0.717) is 0 Å². The second-order valence-corrected chi connectivity index (χ2v) is 6.95. The highest BCUT2D eigenvalue weighted by molar-refractivity contribution is 6.05. The van der Waals surface area contributed by atoms with Gasteiger partial charge in [-0.05, 0) is 38.6 Å². The van der Waals surface area contributed by atoms with Crippen molar-refractivity contribution < 1.29 is 0 Å². The molecular formula is C26H19N. The first-order valence-electron chi connectivity index (χ1n) is 9.25. The fourth-order valence-corrected chi connectivity index (χ4v) is 4.22. The lowest BCUT2D eigenvalue weighted by Gasteiger charge is -2.18. The van der Waals surface area contributed by atoms with Crippen molar-refractivity contribution in [1.29, 1.82) is 5.41 Å². The Balaban J connectivity index is 1.74. The third kappa shape index (κ3) is 2.51. The molecule has 1 N–H and O–H groups in total. The molecule has 1 aliphatic carbocycles. The summed E-state index contributed by atoms with van der Waals surface area (Å²) in [5, 5.41) is 10.4. The van der Waals surface area contributed by atoms with Crippen LogP contribution in [0.15, 0.2) is 91.0 Å². The van der Waals surface area contributed by atoms with Crippen molar-refractivity contribution in [2.75, 3.05) is 0 Å². The number of fused-ring (bicyclic) bond motifs is 2. The van der Waals surface area contributed by atoms with Crippen molar-refractivity contribution in [3.05, 3.63) is 113 Å². The molecule has 0 amide bonds. The van der Waals surface area contributed by atoms with Crippen molar-refractivity contribution in [3.63, 3.8) is 0 Å². The Kier molecular flexibility index (Phi) is 3.72. The summed E-state index contributed by atoms with van der Waals surface area (Å²) < 4.78 is 0. The van der Waals surface area contributed by atoms with Crippen LogP contribution in [0.1, 0.15) is 28.2 Å². The van der Waals surface area contributed by atoms with E-state index in [9.17, 15) is 0 Å². The average Bonchev–Trinajstić information content (AvgIpc) is 3.17. The van der Waals surface area contributed by atoms with E-state index in [0.717, 1.165) is 16.5 Å². The number of rotatable bonds is 3. The standard InChI is InChI=1S/C26H19N/c27-17-26-21-10-4-2-8-19(21)14-16-25(26)23-12-6-5-11-22(23)24-15-13-18-7-1-3-9-20(18)24/h1-17,24,27H. The number of hydrogen-bond acceptors (Lipinski definition) is 1. The third-order valence-electron chi connectivity index (χ3n) is 5.50. The Morgan fingerprint density at radius 3 is 2.30 bits per heavy atom. The first kappa shape index (κ1) is 15.8. The summed E-state index contributed by atoms with van der Waals surface area (Å²) in [4.78, 5) is 0. The summed E-state index contributed by atoms with van der Waals surface area (Å²) in [7, 11) is 0. The van der Waals surface area contributed by atoms with Crippen molar-refractivity contribution in [3.8, 4) is 11.1 Å². The maximum Gasteiger partial charge on any atom is 0.0284 e. The highest BCUT2D eigenvalue weighted by Gasteiger charge is 2.22. The molecule has 1 unspecified atom stereocenters. The molecule has 5 rings (SSSR count). The van der Waals surface area contributed by atoms with Gasteiger partial charge in [0.25, 0.3) is 0 Å². The molecule has 128 valence electrons. The predicted octanol–water partition coefficient (Wildman–Crippen LogP) is 6.66. The Morgan fingerprint density at radius 1 is 0.667 bits per heavy atom. The van der Waals surface area contributed by atoms with Gasteiger partial charge in [-0.1, -0.05) is 97.1 Å². The molecule has 0 radical (unpaired) electrons. The lowest BCUT2D eigenvalue weighted by Crippen LogP contribution is -2.00. The highest BCUT2D eigenvalue weighted by Crippen LogP contribution is 2.41. The molecule has 1 aliphatic rings. The zero-order valence-electron chi connectivity index (χ0n) is 14.9. The number of nitrogens with one attached hydrogen (secondary N) is 1. The molecule has 0 spiro atoms. The molecule has 0 aromatic heterocycles. The lowest BCUT2D eigenvalue weighted by molar-refractivity contribution is 1.05. The highest BCUT2D eigenvalue weighted by atomic mass is 14.3. The van der Waals surface area contributed by atoms with E-state index in [1.54, 1.807) is 0 Å². The largest absolute Gasteiger partial charge is 0.308 e. The third-order valence-corrected chi connectivity index (χ3v) is 5.50. The van der Waals surface area contributed by atoms with Gasteiger partial charge >= 0.3 is 0 Å². The summed E-state index contributed by atoms with van der Waals surface area (Å²) in [5.41, 5.74) is 7.24. The van der Waals surface area contributed by atoms with Crippen LogP contribution in [0, 0.1) is 5.41 Å². The van der Waals surface area contributed by atoms with Gasteiger partial charge in [0.1, 0.15) is 0 Å². The minimum Gasteiger partial charge on any atom is -0.308 e. The fourth-order valence-electron chi connectivity index (χ4n) is 4.22. The van der Waals surface area contributed by atoms with Crippen LogP contribution in [0.4, 0.5) is 0 Å². The van der Waals surface area contributed by atoms with Crippen molar-refractivity contribution in [2.45, 2.75) is 5.92 Å². The molecule has 0 bridgehead atoms. The van der Waals surface area contributed by atoms with Crippen LogP contribution in [0.2, 0.25) is 0 Å². The molecule has 1 heteroatoms. The summed E-state index contributed by atoms with van der Waals surface area (Å²) in [6.45, 7) is 0. The zero-order valence-corrected chi connectivity index (χ0v) is 14.9. The number of allylic oxidation sites excluding steroid dienone is 1. The molecule has 27 heavy (non-hydrogen) atoms. The van der Waals surface area contributed by atoms with Crippen LogP contribution in [0.5, 0.6) is 0 Å². The Labute approximate surface area is 159 Å². The SMILES string of the molecule is N=Cc1c(-c2ccccc2C2C=Cc3ccccc32)ccc2ccccc12. The lowest BCUT2D eigenvalue weighted by atomic mass is 9.85. The molecule has 4 aromatic carbocycles. The van der Waals surface area contributed by atoms with Gasteiger partial charge in [-0.15, -0.1) is 0 Å². The van der Waals surface area contributed by atoms with Crippen LogP contribution in [0.25, 0.3) is 28.0 Å². The molecule has 0 saturated carbocycles. The maximum absolute atomic E-state index is 8.07. The Hall–Kier alpha value is -3.45. The van der Waals surface area contributed by atoms with Gasteiger partial charge in [0, 0.05) is 17.7 Å². The summed E-state index contributed by atoms with van der Waals surface area (Å²) in [6.07, 6.45) is 6.00. The van der Waals surface area contributed by atoms with E-state index >= 15 is 0 Å². The van der Waals surface area contributed by atoms with E-state index in [1.807, 2.05) is 12.1 Å².